The van der Waals surface area contributed by atoms with Crippen molar-refractivity contribution in [3.63, 3.8) is 0 Å². The normalized spacial score (nSPS) is 29.0. The highest BCUT2D eigenvalue weighted by molar-refractivity contribution is 5.88. The van der Waals surface area contributed by atoms with Gasteiger partial charge in [0.25, 0.3) is 0 Å². The summed E-state index contributed by atoms with van der Waals surface area (Å²) in [4.78, 5) is 49.3. The Morgan fingerprint density at radius 1 is 0.758 bits per heavy atom. The second-order valence-corrected chi connectivity index (χ2v) is 7.95. The van der Waals surface area contributed by atoms with E-state index in [1.165, 1.54) is 26.0 Å². The Kier molecular flexibility index (Phi) is 10.7. The van der Waals surface area contributed by atoms with E-state index < -0.39 is 66.4 Å². The summed E-state index contributed by atoms with van der Waals surface area (Å²) in [5.41, 5.74) is 0.395. The van der Waals surface area contributed by atoms with Gasteiger partial charge in [-0.2, -0.15) is 0 Å². The Morgan fingerprint density at radius 2 is 1.15 bits per heavy atom. The molecule has 0 amide bonds. The van der Waals surface area contributed by atoms with Crippen LogP contribution < -0.4 is 0 Å². The lowest BCUT2D eigenvalue weighted by Gasteiger charge is -2.45. The molecule has 1 rings (SSSR count). The number of carbonyl (C=O) groups excluding carboxylic acids is 4. The smallest absolute Gasteiger partial charge is 0.333 e. The van der Waals surface area contributed by atoms with Gasteiger partial charge in [-0.25, -0.2) is 9.59 Å². The first-order chi connectivity index (χ1) is 15.4. The average Bonchev–Trinajstić information content (AvgIpc) is 2.79. The molecule has 7 atom stereocenters. The van der Waals surface area contributed by atoms with Crippen molar-refractivity contribution in [2.24, 2.45) is 5.92 Å². The number of carbonyl (C=O) groups is 4. The fraction of sp³-hybridized carbons (Fsp3) is 0.652. The highest BCUT2D eigenvalue weighted by Gasteiger charge is 2.57. The molecule has 0 radical (unpaired) electrons. The molecule has 0 aromatic carbocycles. The predicted molar refractivity (Wildman–Crippen MR) is 116 cm³/mol. The van der Waals surface area contributed by atoms with Crippen molar-refractivity contribution in [1.82, 2.24) is 0 Å². The molecule has 0 aromatic rings. The van der Waals surface area contributed by atoms with Crippen molar-refractivity contribution in [2.75, 3.05) is 0 Å². The van der Waals surface area contributed by atoms with Crippen LogP contribution >= 0.6 is 0 Å². The van der Waals surface area contributed by atoms with E-state index in [9.17, 15) is 29.4 Å². The number of allylic oxidation sites excluding steroid dienone is 2. The minimum atomic E-state index is -1.81. The molecule has 0 heterocycles. The summed E-state index contributed by atoms with van der Waals surface area (Å²) in [5, 5.41) is 21.4. The van der Waals surface area contributed by atoms with E-state index in [1.807, 2.05) is 0 Å². The van der Waals surface area contributed by atoms with Gasteiger partial charge in [0.1, 0.15) is 12.2 Å². The van der Waals surface area contributed by atoms with Crippen molar-refractivity contribution in [1.29, 1.82) is 0 Å². The predicted octanol–water partition coefficient (Wildman–Crippen LogP) is 1.37. The molecule has 186 valence electrons. The summed E-state index contributed by atoms with van der Waals surface area (Å²) in [6.45, 7) is 10.6. The zero-order valence-corrected chi connectivity index (χ0v) is 20.1. The van der Waals surface area contributed by atoms with Crippen molar-refractivity contribution < 1.29 is 48.3 Å². The van der Waals surface area contributed by atoms with Gasteiger partial charge < -0.3 is 29.2 Å². The van der Waals surface area contributed by atoms with Crippen molar-refractivity contribution >= 4 is 23.9 Å². The molecule has 0 aromatic heterocycles. The van der Waals surface area contributed by atoms with E-state index in [-0.39, 0.29) is 11.1 Å². The number of aliphatic hydroxyl groups excluding tert-OH is 2. The first-order valence-electron chi connectivity index (χ1n) is 10.8. The molecule has 0 saturated heterocycles. The second-order valence-electron chi connectivity index (χ2n) is 7.95. The van der Waals surface area contributed by atoms with Crippen LogP contribution in [0.15, 0.2) is 23.3 Å². The van der Waals surface area contributed by atoms with Crippen LogP contribution in [0.4, 0.5) is 0 Å². The summed E-state index contributed by atoms with van der Waals surface area (Å²) >= 11 is 0. The van der Waals surface area contributed by atoms with E-state index in [0.717, 1.165) is 6.92 Å². The molecular weight excluding hydrogens is 436 g/mol. The van der Waals surface area contributed by atoms with E-state index in [2.05, 4.69) is 0 Å². The molecule has 1 fully saturated rings. The van der Waals surface area contributed by atoms with Crippen LogP contribution in [0.1, 0.15) is 54.9 Å². The van der Waals surface area contributed by atoms with Gasteiger partial charge in [-0.3, -0.25) is 9.59 Å². The molecular formula is C23H34O10. The van der Waals surface area contributed by atoms with E-state index in [1.54, 1.807) is 27.7 Å². The fourth-order valence-corrected chi connectivity index (χ4v) is 2.97. The van der Waals surface area contributed by atoms with Crippen LogP contribution in [0.25, 0.3) is 0 Å². The molecule has 10 heteroatoms. The Bertz CT molecular complexity index is 799. The van der Waals surface area contributed by atoms with Crippen LogP contribution in [-0.2, 0) is 38.1 Å². The Labute approximate surface area is 193 Å². The lowest BCUT2D eigenvalue weighted by Crippen LogP contribution is -2.67. The van der Waals surface area contributed by atoms with Gasteiger partial charge >= 0.3 is 23.9 Å². The molecule has 10 nitrogen and oxygen atoms in total. The van der Waals surface area contributed by atoms with E-state index >= 15 is 0 Å². The molecule has 1 aliphatic carbocycles. The van der Waals surface area contributed by atoms with Crippen LogP contribution in [0, 0.1) is 5.92 Å². The minimum absolute atomic E-state index is 0.197. The fourth-order valence-electron chi connectivity index (χ4n) is 2.97. The lowest BCUT2D eigenvalue weighted by atomic mass is 9.84. The number of ether oxygens (including phenoxy) is 4. The zero-order valence-electron chi connectivity index (χ0n) is 20.1. The lowest BCUT2D eigenvalue weighted by molar-refractivity contribution is -0.251. The summed E-state index contributed by atoms with van der Waals surface area (Å²) in [7, 11) is 0. The highest BCUT2D eigenvalue weighted by atomic mass is 16.6. The number of rotatable bonds is 8. The van der Waals surface area contributed by atoms with Crippen LogP contribution in [0.2, 0.25) is 0 Å². The molecule has 2 N–H and O–H groups in total. The number of aliphatic hydroxyl groups is 2. The Hall–Kier alpha value is -2.72. The topological polar surface area (TPSA) is 146 Å². The third-order valence-electron chi connectivity index (χ3n) is 5.56. The quantitative estimate of drug-likeness (QED) is 0.303. The van der Waals surface area contributed by atoms with Gasteiger partial charge in [-0.1, -0.05) is 26.0 Å². The largest absolute Gasteiger partial charge is 0.456 e. The van der Waals surface area contributed by atoms with Gasteiger partial charge in [0.15, 0.2) is 24.4 Å². The van der Waals surface area contributed by atoms with Crippen molar-refractivity contribution in [2.45, 2.75) is 91.5 Å². The standard InChI is InChI=1S/C23H34O10/c1-8-11(4)21(27)31-18-16(26)15(25)17(30-14(7)24)19(32-22(28)12(5)9-2)20(18)33-23(29)13(6)10-3/h8-9,13,15-20,25-26H,10H2,1-7H3. The molecule has 1 aliphatic rings. The maximum atomic E-state index is 12.6. The minimum Gasteiger partial charge on any atom is -0.456 e. The number of hydrogen-bond donors (Lipinski definition) is 2. The van der Waals surface area contributed by atoms with Gasteiger partial charge in [0, 0.05) is 18.1 Å². The van der Waals surface area contributed by atoms with Crippen molar-refractivity contribution in [3.05, 3.63) is 23.3 Å². The van der Waals surface area contributed by atoms with Crippen LogP contribution in [0.3, 0.4) is 0 Å². The third kappa shape index (κ3) is 7.13. The second kappa shape index (κ2) is 12.5. The van der Waals surface area contributed by atoms with Gasteiger partial charge in [0.2, 0.25) is 0 Å². The molecule has 7 unspecified atom stereocenters. The third-order valence-corrected chi connectivity index (χ3v) is 5.56. The van der Waals surface area contributed by atoms with Crippen molar-refractivity contribution in [3.8, 4) is 0 Å². The monoisotopic (exact) mass is 470 g/mol. The maximum absolute atomic E-state index is 12.6. The Morgan fingerprint density at radius 3 is 1.55 bits per heavy atom. The molecule has 0 spiro atoms. The number of esters is 4. The highest BCUT2D eigenvalue weighted by Crippen LogP contribution is 2.32. The summed E-state index contributed by atoms with van der Waals surface area (Å²) in [6, 6.07) is 0. The molecule has 0 aliphatic heterocycles. The van der Waals surface area contributed by atoms with Gasteiger partial charge in [0.05, 0.1) is 5.92 Å². The van der Waals surface area contributed by atoms with E-state index in [4.69, 9.17) is 18.9 Å². The summed E-state index contributed by atoms with van der Waals surface area (Å²) < 4.78 is 21.5. The Balaban J connectivity index is 3.54. The summed E-state index contributed by atoms with van der Waals surface area (Å²) in [5.74, 6) is -3.77. The molecule has 0 bridgehead atoms. The van der Waals surface area contributed by atoms with Crippen LogP contribution in [-0.4, -0.2) is 70.7 Å². The van der Waals surface area contributed by atoms with E-state index in [0.29, 0.717) is 6.42 Å². The molecule has 33 heavy (non-hydrogen) atoms. The van der Waals surface area contributed by atoms with Crippen LogP contribution in [0.5, 0.6) is 0 Å². The number of hydrogen-bond acceptors (Lipinski definition) is 10. The van der Waals surface area contributed by atoms with Gasteiger partial charge in [-0.05, 0) is 34.1 Å². The first-order valence-corrected chi connectivity index (χ1v) is 10.8. The SMILES string of the molecule is CC=C(C)C(=O)OC1C(O)C(O)C(OC(C)=O)C(OC(=O)C(C)=CC)C1OC(=O)C(C)CC. The summed E-state index contributed by atoms with van der Waals surface area (Å²) in [6.07, 6.45) is -6.55. The first kappa shape index (κ1) is 28.3. The zero-order chi connectivity index (χ0) is 25.5. The average molecular weight is 471 g/mol. The van der Waals surface area contributed by atoms with Gasteiger partial charge in [-0.15, -0.1) is 0 Å². The molecule has 1 saturated carbocycles. The maximum Gasteiger partial charge on any atom is 0.333 e.